The van der Waals surface area contributed by atoms with Gasteiger partial charge in [0.15, 0.2) is 0 Å². The Balaban J connectivity index is 1.81. The normalized spacial score (nSPS) is 12.8. The van der Waals surface area contributed by atoms with Crippen LogP contribution in [0.25, 0.3) is 11.1 Å². The molecule has 6 nitrogen and oxygen atoms in total. The van der Waals surface area contributed by atoms with E-state index in [9.17, 15) is 13.2 Å². The average molecular weight is 436 g/mol. The second-order valence-corrected chi connectivity index (χ2v) is 9.50. The summed E-state index contributed by atoms with van der Waals surface area (Å²) in [6.07, 6.45) is 2.90. The highest BCUT2D eigenvalue weighted by molar-refractivity contribution is 7.92. The fraction of sp³-hybridized carbons (Fsp3) is 0.208. The quantitative estimate of drug-likeness (QED) is 0.556. The van der Waals surface area contributed by atoms with E-state index >= 15 is 0 Å². The predicted molar refractivity (Wildman–Crippen MR) is 127 cm³/mol. The van der Waals surface area contributed by atoms with E-state index in [-0.39, 0.29) is 5.91 Å². The van der Waals surface area contributed by atoms with Gasteiger partial charge >= 0.3 is 0 Å². The molecule has 1 heterocycles. The van der Waals surface area contributed by atoms with E-state index < -0.39 is 10.0 Å². The van der Waals surface area contributed by atoms with Crippen molar-refractivity contribution in [1.29, 1.82) is 0 Å². The van der Waals surface area contributed by atoms with Gasteiger partial charge < -0.3 is 10.6 Å². The zero-order valence-corrected chi connectivity index (χ0v) is 18.4. The summed E-state index contributed by atoms with van der Waals surface area (Å²) in [6, 6.07) is 20.5. The van der Waals surface area contributed by atoms with Crippen LogP contribution < -0.4 is 14.9 Å². The molecule has 0 fully saturated rings. The lowest BCUT2D eigenvalue weighted by atomic mass is 10.00. The third-order valence-corrected chi connectivity index (χ3v) is 6.49. The third kappa shape index (κ3) is 4.27. The molecule has 160 valence electrons. The van der Waals surface area contributed by atoms with Crippen LogP contribution in [-0.4, -0.2) is 27.1 Å². The molecule has 0 aliphatic carbocycles. The van der Waals surface area contributed by atoms with Gasteiger partial charge in [-0.1, -0.05) is 49.7 Å². The number of nitrogens with one attached hydrogen (secondary N) is 2. The molecule has 3 aromatic carbocycles. The topological polar surface area (TPSA) is 78.5 Å². The van der Waals surface area contributed by atoms with Crippen LogP contribution in [0, 0.1) is 0 Å². The number of para-hydroxylation sites is 3. The molecule has 1 amide bonds. The van der Waals surface area contributed by atoms with Crippen LogP contribution in [0.15, 0.2) is 66.7 Å². The van der Waals surface area contributed by atoms with E-state index in [0.29, 0.717) is 29.2 Å². The van der Waals surface area contributed by atoms with Crippen molar-refractivity contribution in [3.63, 3.8) is 0 Å². The summed E-state index contributed by atoms with van der Waals surface area (Å²) in [6.45, 7) is 2.46. The molecular formula is C24H25N3O3S. The van der Waals surface area contributed by atoms with Crippen molar-refractivity contribution in [2.24, 2.45) is 0 Å². The maximum absolute atomic E-state index is 12.7. The minimum absolute atomic E-state index is 0.187. The van der Waals surface area contributed by atoms with Gasteiger partial charge in [0, 0.05) is 12.1 Å². The minimum Gasteiger partial charge on any atom is -0.353 e. The molecule has 0 saturated heterocycles. The Kier molecular flexibility index (Phi) is 5.69. The van der Waals surface area contributed by atoms with Gasteiger partial charge in [0.05, 0.1) is 34.6 Å². The second-order valence-electron chi connectivity index (χ2n) is 7.59. The van der Waals surface area contributed by atoms with Crippen LogP contribution in [-0.2, 0) is 10.0 Å². The smallest absolute Gasteiger partial charge is 0.257 e. The van der Waals surface area contributed by atoms with Crippen molar-refractivity contribution < 1.29 is 13.2 Å². The SMILES string of the molecule is CCCCN(c1ccccc1-c1ccc2c(c1)Nc1ccccc1NC2=O)S(C)(=O)=O. The van der Waals surface area contributed by atoms with Crippen molar-refractivity contribution >= 4 is 38.7 Å². The molecule has 0 bridgehead atoms. The summed E-state index contributed by atoms with van der Waals surface area (Å²) in [5, 5.41) is 6.26. The number of unbranched alkanes of at least 4 members (excludes halogenated alkanes) is 1. The first-order chi connectivity index (χ1) is 14.9. The van der Waals surface area contributed by atoms with Crippen LogP contribution in [0.3, 0.4) is 0 Å². The summed E-state index contributed by atoms with van der Waals surface area (Å²) in [5.74, 6) is -0.187. The van der Waals surface area contributed by atoms with E-state index in [1.807, 2.05) is 67.6 Å². The van der Waals surface area contributed by atoms with E-state index in [2.05, 4.69) is 10.6 Å². The maximum atomic E-state index is 12.7. The predicted octanol–water partition coefficient (Wildman–Crippen LogP) is 5.23. The van der Waals surface area contributed by atoms with Crippen LogP contribution in [0.1, 0.15) is 30.1 Å². The summed E-state index contributed by atoms with van der Waals surface area (Å²) < 4.78 is 26.5. The van der Waals surface area contributed by atoms with Crippen molar-refractivity contribution in [3.05, 3.63) is 72.3 Å². The minimum atomic E-state index is -3.44. The number of fused-ring (bicyclic) bond motifs is 2. The largest absolute Gasteiger partial charge is 0.353 e. The Hall–Kier alpha value is -3.32. The Morgan fingerprint density at radius 1 is 0.839 bits per heavy atom. The van der Waals surface area contributed by atoms with E-state index in [0.717, 1.165) is 29.7 Å². The van der Waals surface area contributed by atoms with Crippen LogP contribution >= 0.6 is 0 Å². The molecule has 3 aromatic rings. The number of benzene rings is 3. The van der Waals surface area contributed by atoms with Crippen LogP contribution in [0.2, 0.25) is 0 Å². The second kappa shape index (κ2) is 8.43. The highest BCUT2D eigenvalue weighted by atomic mass is 32.2. The molecule has 0 radical (unpaired) electrons. The average Bonchev–Trinajstić information content (AvgIpc) is 2.88. The van der Waals surface area contributed by atoms with Gasteiger partial charge in [-0.25, -0.2) is 8.42 Å². The lowest BCUT2D eigenvalue weighted by Gasteiger charge is -2.25. The third-order valence-electron chi connectivity index (χ3n) is 5.31. The molecular weight excluding hydrogens is 410 g/mol. The highest BCUT2D eigenvalue weighted by Crippen LogP contribution is 2.37. The molecule has 0 aromatic heterocycles. The summed E-state index contributed by atoms with van der Waals surface area (Å²) in [4.78, 5) is 12.7. The Labute approximate surface area is 183 Å². The monoisotopic (exact) mass is 435 g/mol. The van der Waals surface area contributed by atoms with Gasteiger partial charge in [-0.05, 0) is 42.3 Å². The number of anilines is 4. The number of amides is 1. The molecule has 0 spiro atoms. The number of carbonyl (C=O) groups is 1. The number of hydrogen-bond donors (Lipinski definition) is 2. The first-order valence-corrected chi connectivity index (χ1v) is 12.1. The number of hydrogen-bond acceptors (Lipinski definition) is 4. The fourth-order valence-corrected chi connectivity index (χ4v) is 4.73. The van der Waals surface area contributed by atoms with E-state index in [4.69, 9.17) is 0 Å². The van der Waals surface area contributed by atoms with Crippen molar-refractivity contribution in [1.82, 2.24) is 0 Å². The molecule has 0 saturated carbocycles. The zero-order chi connectivity index (χ0) is 22.0. The Bertz CT molecular complexity index is 1240. The van der Waals surface area contributed by atoms with Crippen molar-refractivity contribution in [3.8, 4) is 11.1 Å². The lowest BCUT2D eigenvalue weighted by Crippen LogP contribution is -2.31. The van der Waals surface area contributed by atoms with E-state index in [1.165, 1.54) is 10.6 Å². The highest BCUT2D eigenvalue weighted by Gasteiger charge is 2.23. The van der Waals surface area contributed by atoms with Gasteiger partial charge in [-0.15, -0.1) is 0 Å². The molecule has 1 aliphatic heterocycles. The zero-order valence-electron chi connectivity index (χ0n) is 17.6. The number of carbonyl (C=O) groups excluding carboxylic acids is 1. The van der Waals surface area contributed by atoms with Crippen LogP contribution in [0.5, 0.6) is 0 Å². The number of sulfonamides is 1. The molecule has 31 heavy (non-hydrogen) atoms. The van der Waals surface area contributed by atoms with Gasteiger partial charge in [-0.2, -0.15) is 0 Å². The van der Waals surface area contributed by atoms with Crippen molar-refractivity contribution in [2.45, 2.75) is 19.8 Å². The molecule has 7 heteroatoms. The number of rotatable bonds is 6. The van der Waals surface area contributed by atoms with Crippen LogP contribution in [0.4, 0.5) is 22.7 Å². The standard InChI is InChI=1S/C24H25N3O3S/c1-3-4-15-27(31(2,29)30)23-12-8-5-9-18(23)17-13-14-19-22(16-17)25-20-10-6-7-11-21(20)26-24(19)28/h5-14,16,25H,3-4,15H2,1-2H3,(H,26,28). The fourth-order valence-electron chi connectivity index (χ4n) is 3.75. The lowest BCUT2D eigenvalue weighted by molar-refractivity contribution is 0.102. The summed E-state index contributed by atoms with van der Waals surface area (Å²) >= 11 is 0. The van der Waals surface area contributed by atoms with E-state index in [1.54, 1.807) is 6.07 Å². The first-order valence-electron chi connectivity index (χ1n) is 10.3. The molecule has 2 N–H and O–H groups in total. The first kappa shape index (κ1) is 20.9. The maximum Gasteiger partial charge on any atom is 0.257 e. The number of nitrogens with zero attached hydrogens (tertiary/aromatic N) is 1. The van der Waals surface area contributed by atoms with Gasteiger partial charge in [-0.3, -0.25) is 9.10 Å². The molecule has 0 atom stereocenters. The van der Waals surface area contributed by atoms with Gasteiger partial charge in [0.1, 0.15) is 0 Å². The van der Waals surface area contributed by atoms with Gasteiger partial charge in [0.2, 0.25) is 10.0 Å². The van der Waals surface area contributed by atoms with Gasteiger partial charge in [0.25, 0.3) is 5.91 Å². The summed E-state index contributed by atoms with van der Waals surface area (Å²) in [7, 11) is -3.44. The molecule has 0 unspecified atom stereocenters. The van der Waals surface area contributed by atoms with Crippen molar-refractivity contribution in [2.75, 3.05) is 27.7 Å². The molecule has 4 rings (SSSR count). The Morgan fingerprint density at radius 2 is 1.52 bits per heavy atom. The summed E-state index contributed by atoms with van der Waals surface area (Å²) in [5.41, 5.74) is 4.99. The molecule has 1 aliphatic rings. The Morgan fingerprint density at radius 3 is 2.23 bits per heavy atom.